The molecule has 0 atom stereocenters. The smallest absolute Gasteiger partial charge is 0.341 e. The summed E-state index contributed by atoms with van der Waals surface area (Å²) in [4.78, 5) is 25.4. The zero-order valence-corrected chi connectivity index (χ0v) is 15.0. The predicted octanol–water partition coefficient (Wildman–Crippen LogP) is 3.74. The third-order valence-corrected chi connectivity index (χ3v) is 3.92. The van der Waals surface area contributed by atoms with E-state index < -0.39 is 12.6 Å². The molecule has 132 valence electrons. The van der Waals surface area contributed by atoms with Crippen LogP contribution in [0.4, 0.5) is 5.69 Å². The van der Waals surface area contributed by atoms with Crippen molar-refractivity contribution in [3.8, 4) is 5.75 Å². The number of rotatable bonds is 6. The number of benzene rings is 2. The van der Waals surface area contributed by atoms with Gasteiger partial charge in [0.2, 0.25) is 0 Å². The van der Waals surface area contributed by atoms with Gasteiger partial charge in [-0.15, -0.1) is 0 Å². The minimum absolute atomic E-state index is 0.0934. The Kier molecular flexibility index (Phi) is 5.80. The van der Waals surface area contributed by atoms with E-state index >= 15 is 0 Å². The van der Waals surface area contributed by atoms with E-state index in [1.807, 2.05) is 52.0 Å². The summed E-state index contributed by atoms with van der Waals surface area (Å²) in [5.74, 6) is -0.614. The van der Waals surface area contributed by atoms with Crippen LogP contribution in [-0.2, 0) is 4.79 Å². The second-order valence-electron chi connectivity index (χ2n) is 6.01. The van der Waals surface area contributed by atoms with E-state index in [9.17, 15) is 9.59 Å². The normalized spacial score (nSPS) is 10.4. The van der Waals surface area contributed by atoms with Gasteiger partial charge >= 0.3 is 5.97 Å². The molecule has 0 fully saturated rings. The van der Waals surface area contributed by atoms with Gasteiger partial charge in [-0.1, -0.05) is 12.1 Å². The minimum Gasteiger partial charge on any atom is -0.481 e. The molecule has 0 unspecified atom stereocenters. The quantitative estimate of drug-likeness (QED) is 0.869. The molecule has 2 rings (SSSR count). The van der Waals surface area contributed by atoms with Crippen molar-refractivity contribution in [2.75, 3.05) is 18.1 Å². The molecule has 2 aromatic carbocycles. The van der Waals surface area contributed by atoms with Crippen molar-refractivity contribution in [2.45, 2.75) is 27.7 Å². The molecule has 0 aliphatic heterocycles. The zero-order valence-electron chi connectivity index (χ0n) is 15.0. The molecule has 0 heterocycles. The Labute approximate surface area is 147 Å². The summed E-state index contributed by atoms with van der Waals surface area (Å²) in [6, 6.07) is 11.3. The van der Waals surface area contributed by atoms with Crippen molar-refractivity contribution < 1.29 is 19.4 Å². The molecule has 1 N–H and O–H groups in total. The summed E-state index contributed by atoms with van der Waals surface area (Å²) in [6.45, 7) is 7.69. The van der Waals surface area contributed by atoms with E-state index in [4.69, 9.17) is 9.84 Å². The van der Waals surface area contributed by atoms with Gasteiger partial charge in [0, 0.05) is 17.8 Å². The molecule has 0 saturated carbocycles. The number of carbonyl (C=O) groups is 2. The van der Waals surface area contributed by atoms with Crippen molar-refractivity contribution >= 4 is 17.6 Å². The lowest BCUT2D eigenvalue weighted by molar-refractivity contribution is -0.139. The number of nitrogens with zero attached hydrogens (tertiary/aromatic N) is 1. The third-order valence-electron chi connectivity index (χ3n) is 3.92. The lowest BCUT2D eigenvalue weighted by Crippen LogP contribution is -2.30. The van der Waals surface area contributed by atoms with E-state index in [-0.39, 0.29) is 5.91 Å². The Balaban J connectivity index is 2.33. The molecule has 0 aliphatic carbocycles. The number of amides is 1. The van der Waals surface area contributed by atoms with Gasteiger partial charge in [-0.25, -0.2) is 4.79 Å². The van der Waals surface area contributed by atoms with Crippen LogP contribution in [0.5, 0.6) is 5.75 Å². The van der Waals surface area contributed by atoms with Crippen LogP contribution < -0.4 is 9.64 Å². The predicted molar refractivity (Wildman–Crippen MR) is 97.6 cm³/mol. The molecule has 25 heavy (non-hydrogen) atoms. The van der Waals surface area contributed by atoms with Crippen molar-refractivity contribution in [3.05, 3.63) is 58.7 Å². The lowest BCUT2D eigenvalue weighted by Gasteiger charge is -2.22. The highest BCUT2D eigenvalue weighted by Gasteiger charge is 2.19. The van der Waals surface area contributed by atoms with Crippen molar-refractivity contribution in [1.82, 2.24) is 0 Å². The van der Waals surface area contributed by atoms with E-state index in [0.717, 1.165) is 22.4 Å². The monoisotopic (exact) mass is 341 g/mol. The number of hydrogen-bond donors (Lipinski definition) is 1. The van der Waals surface area contributed by atoms with Crippen molar-refractivity contribution in [3.63, 3.8) is 0 Å². The first-order valence-electron chi connectivity index (χ1n) is 8.17. The molecule has 0 radical (unpaired) electrons. The number of anilines is 1. The Hall–Kier alpha value is -2.82. The molecule has 0 bridgehead atoms. The van der Waals surface area contributed by atoms with Gasteiger partial charge in [0.05, 0.1) is 0 Å². The third kappa shape index (κ3) is 4.38. The molecule has 0 spiro atoms. The number of carbonyl (C=O) groups excluding carboxylic acids is 1. The average molecular weight is 341 g/mol. The summed E-state index contributed by atoms with van der Waals surface area (Å²) >= 11 is 0. The molecular weight excluding hydrogens is 318 g/mol. The molecule has 5 nitrogen and oxygen atoms in total. The van der Waals surface area contributed by atoms with Crippen LogP contribution in [0.25, 0.3) is 0 Å². The van der Waals surface area contributed by atoms with Crippen LogP contribution in [0.15, 0.2) is 36.4 Å². The van der Waals surface area contributed by atoms with Crippen LogP contribution in [-0.4, -0.2) is 30.1 Å². The number of ether oxygens (including phenoxy) is 1. The number of aryl methyl sites for hydroxylation is 3. The van der Waals surface area contributed by atoms with Crippen LogP contribution in [0, 0.1) is 20.8 Å². The Morgan fingerprint density at radius 3 is 2.24 bits per heavy atom. The van der Waals surface area contributed by atoms with Gasteiger partial charge in [0.25, 0.3) is 5.91 Å². The summed E-state index contributed by atoms with van der Waals surface area (Å²) in [6.07, 6.45) is 0. The fourth-order valence-electron chi connectivity index (χ4n) is 2.83. The maximum Gasteiger partial charge on any atom is 0.341 e. The van der Waals surface area contributed by atoms with E-state index in [1.54, 1.807) is 17.0 Å². The average Bonchev–Trinajstić information content (AvgIpc) is 2.54. The maximum atomic E-state index is 13.0. The molecule has 2 aromatic rings. The first kappa shape index (κ1) is 18.5. The topological polar surface area (TPSA) is 66.8 Å². The Bertz CT molecular complexity index is 775. The molecule has 5 heteroatoms. The van der Waals surface area contributed by atoms with E-state index in [0.29, 0.717) is 17.9 Å². The van der Waals surface area contributed by atoms with Gasteiger partial charge < -0.3 is 14.7 Å². The number of carboxylic acid groups (broad SMARTS) is 1. The van der Waals surface area contributed by atoms with Crippen LogP contribution in [0.1, 0.15) is 34.0 Å². The standard InChI is InChI=1S/C20H23NO4/c1-5-21(17-8-6-7-13(2)9-17)20(24)16-10-14(3)19(15(4)11-16)25-12-18(22)23/h6-11H,5,12H2,1-4H3,(H,22,23). The summed E-state index contributed by atoms with van der Waals surface area (Å²) in [7, 11) is 0. The van der Waals surface area contributed by atoms with Crippen LogP contribution in [0.3, 0.4) is 0 Å². The fraction of sp³-hybridized carbons (Fsp3) is 0.300. The SMILES string of the molecule is CCN(C(=O)c1cc(C)c(OCC(=O)O)c(C)c1)c1cccc(C)c1. The summed E-state index contributed by atoms with van der Waals surface area (Å²) in [5.41, 5.74) is 3.98. The first-order chi connectivity index (χ1) is 11.8. The highest BCUT2D eigenvalue weighted by molar-refractivity contribution is 6.06. The number of carboxylic acids is 1. The zero-order chi connectivity index (χ0) is 18.6. The fourth-order valence-corrected chi connectivity index (χ4v) is 2.83. The molecule has 0 aromatic heterocycles. The second kappa shape index (κ2) is 7.83. The highest BCUT2D eigenvalue weighted by Crippen LogP contribution is 2.27. The number of aliphatic carboxylic acids is 1. The van der Waals surface area contributed by atoms with Gasteiger partial charge in [0.15, 0.2) is 6.61 Å². The van der Waals surface area contributed by atoms with Gasteiger partial charge in [-0.05, 0) is 68.7 Å². The van der Waals surface area contributed by atoms with Crippen LogP contribution >= 0.6 is 0 Å². The lowest BCUT2D eigenvalue weighted by atomic mass is 10.0. The maximum absolute atomic E-state index is 13.0. The van der Waals surface area contributed by atoms with Crippen LogP contribution in [0.2, 0.25) is 0 Å². The largest absolute Gasteiger partial charge is 0.481 e. The summed E-state index contributed by atoms with van der Waals surface area (Å²) < 4.78 is 5.33. The molecular formula is C20H23NO4. The Morgan fingerprint density at radius 2 is 1.72 bits per heavy atom. The molecule has 0 saturated heterocycles. The van der Waals surface area contributed by atoms with E-state index in [2.05, 4.69) is 0 Å². The second-order valence-corrected chi connectivity index (χ2v) is 6.01. The number of hydrogen-bond acceptors (Lipinski definition) is 3. The minimum atomic E-state index is -1.03. The van der Waals surface area contributed by atoms with Crippen molar-refractivity contribution in [1.29, 1.82) is 0 Å². The van der Waals surface area contributed by atoms with Gasteiger partial charge in [0.1, 0.15) is 5.75 Å². The first-order valence-corrected chi connectivity index (χ1v) is 8.17. The highest BCUT2D eigenvalue weighted by atomic mass is 16.5. The summed E-state index contributed by atoms with van der Waals surface area (Å²) in [5, 5.41) is 8.77. The van der Waals surface area contributed by atoms with Gasteiger partial charge in [-0.3, -0.25) is 4.79 Å². The van der Waals surface area contributed by atoms with E-state index in [1.165, 1.54) is 0 Å². The van der Waals surface area contributed by atoms with Crippen molar-refractivity contribution in [2.24, 2.45) is 0 Å². The Morgan fingerprint density at radius 1 is 1.08 bits per heavy atom. The molecule has 1 amide bonds. The van der Waals surface area contributed by atoms with Gasteiger partial charge in [-0.2, -0.15) is 0 Å². The molecule has 0 aliphatic rings.